The summed E-state index contributed by atoms with van der Waals surface area (Å²) in [4.78, 5) is 35.6. The van der Waals surface area contributed by atoms with Gasteiger partial charge < -0.3 is 15.5 Å². The van der Waals surface area contributed by atoms with Crippen molar-refractivity contribution in [2.45, 2.75) is 13.1 Å². The number of aromatic hydroxyl groups is 1. The summed E-state index contributed by atoms with van der Waals surface area (Å²) in [6.45, 7) is 1.08. The van der Waals surface area contributed by atoms with Crippen molar-refractivity contribution in [1.29, 1.82) is 0 Å². The van der Waals surface area contributed by atoms with E-state index in [2.05, 4.69) is 5.32 Å². The maximum absolute atomic E-state index is 13.1. The van der Waals surface area contributed by atoms with Gasteiger partial charge in [0, 0.05) is 10.6 Å². The number of aliphatic carboxylic acids is 1. The number of rotatable bonds is 5. The van der Waals surface area contributed by atoms with Crippen LogP contribution in [0, 0.1) is 5.92 Å². The van der Waals surface area contributed by atoms with Gasteiger partial charge >= 0.3 is 12.1 Å². The minimum atomic E-state index is -4.78. The third kappa shape index (κ3) is 4.61. The molecule has 28 heavy (non-hydrogen) atoms. The van der Waals surface area contributed by atoms with E-state index in [0.29, 0.717) is 12.1 Å². The number of ketones is 1. The molecule has 0 aliphatic rings. The molecule has 1 atom stereocenters. The van der Waals surface area contributed by atoms with Crippen LogP contribution in [0.15, 0.2) is 36.4 Å². The maximum Gasteiger partial charge on any atom is 0.416 e. The number of phenols is 1. The molecular formula is C18H13ClF3NO5. The number of carbonyl (C=O) groups is 3. The summed E-state index contributed by atoms with van der Waals surface area (Å²) < 4.78 is 39.2. The Balaban J connectivity index is 2.58. The Morgan fingerprint density at radius 2 is 1.71 bits per heavy atom. The molecule has 0 aliphatic carbocycles. The van der Waals surface area contributed by atoms with E-state index >= 15 is 0 Å². The number of amides is 1. The Kier molecular flexibility index (Phi) is 5.98. The fraction of sp³-hybridized carbons (Fsp3) is 0.167. The van der Waals surface area contributed by atoms with Crippen molar-refractivity contribution in [2.24, 2.45) is 5.92 Å². The van der Waals surface area contributed by atoms with Gasteiger partial charge in [0.05, 0.1) is 16.8 Å². The zero-order valence-electron chi connectivity index (χ0n) is 14.2. The van der Waals surface area contributed by atoms with Crippen molar-refractivity contribution >= 4 is 34.9 Å². The maximum atomic E-state index is 13.1. The SMILES string of the molecule is CC(C(=O)O)C(=O)Nc1ccc(C(F)(F)F)cc1C(=O)c1cc(Cl)ccc1O. The fourth-order valence-corrected chi connectivity index (χ4v) is 2.38. The molecule has 0 saturated heterocycles. The lowest BCUT2D eigenvalue weighted by Crippen LogP contribution is -2.27. The summed E-state index contributed by atoms with van der Waals surface area (Å²) in [5.74, 6) is -5.56. The second-order valence-electron chi connectivity index (χ2n) is 5.80. The number of carboxylic acid groups (broad SMARTS) is 1. The van der Waals surface area contributed by atoms with Gasteiger partial charge in [-0.2, -0.15) is 13.2 Å². The second-order valence-corrected chi connectivity index (χ2v) is 6.23. The Hall–Kier alpha value is -3.07. The number of anilines is 1. The molecule has 0 heterocycles. The molecule has 2 aromatic carbocycles. The third-order valence-corrected chi connectivity index (χ3v) is 4.05. The molecule has 148 valence electrons. The lowest BCUT2D eigenvalue weighted by Gasteiger charge is -2.15. The number of carbonyl (C=O) groups excluding carboxylic acids is 2. The van der Waals surface area contributed by atoms with Crippen molar-refractivity contribution in [3.63, 3.8) is 0 Å². The first-order chi connectivity index (χ1) is 12.9. The molecule has 0 aromatic heterocycles. The van der Waals surface area contributed by atoms with Crippen LogP contribution in [-0.2, 0) is 15.8 Å². The van der Waals surface area contributed by atoms with Crippen LogP contribution in [0.2, 0.25) is 5.02 Å². The van der Waals surface area contributed by atoms with Crippen LogP contribution in [0.25, 0.3) is 0 Å². The molecule has 0 bridgehead atoms. The third-order valence-electron chi connectivity index (χ3n) is 3.82. The van der Waals surface area contributed by atoms with Gasteiger partial charge in [-0.05, 0) is 43.3 Å². The fourth-order valence-electron chi connectivity index (χ4n) is 2.21. The highest BCUT2D eigenvalue weighted by Gasteiger charge is 2.33. The van der Waals surface area contributed by atoms with E-state index in [1.165, 1.54) is 6.07 Å². The highest BCUT2D eigenvalue weighted by Crippen LogP contribution is 2.34. The van der Waals surface area contributed by atoms with E-state index < -0.39 is 46.6 Å². The lowest BCUT2D eigenvalue weighted by atomic mass is 9.98. The lowest BCUT2D eigenvalue weighted by molar-refractivity contribution is -0.144. The molecule has 6 nitrogen and oxygen atoms in total. The number of alkyl halides is 3. The first-order valence-corrected chi connectivity index (χ1v) is 8.07. The van der Waals surface area contributed by atoms with Crippen LogP contribution in [0.1, 0.15) is 28.4 Å². The molecular weight excluding hydrogens is 403 g/mol. The number of nitrogens with one attached hydrogen (secondary N) is 1. The molecule has 0 saturated carbocycles. The van der Waals surface area contributed by atoms with Gasteiger partial charge in [0.15, 0.2) is 5.78 Å². The van der Waals surface area contributed by atoms with Crippen molar-refractivity contribution in [3.8, 4) is 5.75 Å². The molecule has 0 radical (unpaired) electrons. The zero-order valence-corrected chi connectivity index (χ0v) is 14.9. The largest absolute Gasteiger partial charge is 0.507 e. The smallest absolute Gasteiger partial charge is 0.416 e. The normalized spacial score (nSPS) is 12.3. The van der Waals surface area contributed by atoms with Gasteiger partial charge in [-0.3, -0.25) is 14.4 Å². The molecule has 0 spiro atoms. The predicted octanol–water partition coefficient (Wildman–Crippen LogP) is 3.95. The number of hydrogen-bond acceptors (Lipinski definition) is 4. The monoisotopic (exact) mass is 415 g/mol. The summed E-state index contributed by atoms with van der Waals surface area (Å²) in [6, 6.07) is 5.40. The molecule has 3 N–H and O–H groups in total. The Morgan fingerprint density at radius 1 is 1.07 bits per heavy atom. The van der Waals surface area contributed by atoms with E-state index in [4.69, 9.17) is 16.7 Å². The van der Waals surface area contributed by atoms with Gasteiger partial charge in [0.1, 0.15) is 11.7 Å². The highest BCUT2D eigenvalue weighted by atomic mass is 35.5. The number of benzene rings is 2. The first kappa shape index (κ1) is 21.2. The predicted molar refractivity (Wildman–Crippen MR) is 93.4 cm³/mol. The van der Waals surface area contributed by atoms with E-state index in [1.807, 2.05) is 0 Å². The van der Waals surface area contributed by atoms with Crippen LogP contribution in [0.5, 0.6) is 5.75 Å². The van der Waals surface area contributed by atoms with Gasteiger partial charge in [0.2, 0.25) is 5.91 Å². The number of hydrogen-bond donors (Lipinski definition) is 3. The topological polar surface area (TPSA) is 104 Å². The van der Waals surface area contributed by atoms with Gasteiger partial charge in [-0.15, -0.1) is 0 Å². The minimum absolute atomic E-state index is 0.0539. The summed E-state index contributed by atoms with van der Waals surface area (Å²) in [6.07, 6.45) is -4.78. The Labute approximate surface area is 161 Å². The molecule has 0 fully saturated rings. The average molecular weight is 416 g/mol. The van der Waals surface area contributed by atoms with Crippen molar-refractivity contribution < 1.29 is 37.8 Å². The van der Waals surface area contributed by atoms with E-state index in [9.17, 15) is 32.7 Å². The van der Waals surface area contributed by atoms with E-state index in [0.717, 1.165) is 25.1 Å². The van der Waals surface area contributed by atoms with Crippen molar-refractivity contribution in [3.05, 3.63) is 58.1 Å². The van der Waals surface area contributed by atoms with Crippen molar-refractivity contribution in [1.82, 2.24) is 0 Å². The molecule has 1 unspecified atom stereocenters. The van der Waals surface area contributed by atoms with Crippen LogP contribution >= 0.6 is 11.6 Å². The number of halogens is 4. The molecule has 0 aliphatic heterocycles. The van der Waals surface area contributed by atoms with E-state index in [-0.39, 0.29) is 16.3 Å². The zero-order chi connectivity index (χ0) is 21.2. The van der Waals surface area contributed by atoms with Crippen LogP contribution in [0.3, 0.4) is 0 Å². The first-order valence-electron chi connectivity index (χ1n) is 7.70. The number of phenolic OH excluding ortho intramolecular Hbond substituents is 1. The Bertz CT molecular complexity index is 959. The summed E-state index contributed by atoms with van der Waals surface area (Å²) in [5, 5.41) is 20.9. The van der Waals surface area contributed by atoms with Crippen LogP contribution in [0.4, 0.5) is 18.9 Å². The standard InChI is InChI=1S/C18H13ClF3NO5/c1-8(17(27)28)16(26)23-13-4-2-9(18(20,21)22)6-11(13)15(25)12-7-10(19)3-5-14(12)24/h2-8,24H,1H3,(H,23,26)(H,27,28). The van der Waals surface area contributed by atoms with E-state index in [1.54, 1.807) is 0 Å². The van der Waals surface area contributed by atoms with Gasteiger partial charge in [0.25, 0.3) is 0 Å². The van der Waals surface area contributed by atoms with Gasteiger partial charge in [-0.1, -0.05) is 11.6 Å². The molecule has 1 amide bonds. The second kappa shape index (κ2) is 7.89. The quantitative estimate of drug-likeness (QED) is 0.506. The number of carboxylic acids is 1. The molecule has 2 aromatic rings. The minimum Gasteiger partial charge on any atom is -0.507 e. The van der Waals surface area contributed by atoms with Crippen molar-refractivity contribution in [2.75, 3.05) is 5.32 Å². The Morgan fingerprint density at radius 3 is 2.29 bits per heavy atom. The average Bonchev–Trinajstić information content (AvgIpc) is 2.61. The summed E-state index contributed by atoms with van der Waals surface area (Å²) in [5.41, 5.74) is -2.47. The van der Waals surface area contributed by atoms with Gasteiger partial charge in [-0.25, -0.2) is 0 Å². The van der Waals surface area contributed by atoms with Crippen LogP contribution < -0.4 is 5.32 Å². The highest BCUT2D eigenvalue weighted by molar-refractivity contribution is 6.31. The molecule has 2 rings (SSSR count). The van der Waals surface area contributed by atoms with Crippen LogP contribution in [-0.4, -0.2) is 27.9 Å². The molecule has 10 heteroatoms. The summed E-state index contributed by atoms with van der Waals surface area (Å²) >= 11 is 5.77. The summed E-state index contributed by atoms with van der Waals surface area (Å²) in [7, 11) is 0.